The van der Waals surface area contributed by atoms with Gasteiger partial charge < -0.3 is 14.4 Å². The largest absolute Gasteiger partial charge is 0.471 e. The van der Waals surface area contributed by atoms with E-state index in [9.17, 15) is 13.2 Å². The molecule has 0 amide bonds. The lowest BCUT2D eigenvalue weighted by Gasteiger charge is -2.09. The van der Waals surface area contributed by atoms with E-state index in [4.69, 9.17) is 14.4 Å². The molecule has 4 rings (SSSR count). The van der Waals surface area contributed by atoms with Gasteiger partial charge in [-0.15, -0.1) is 0 Å². The molecule has 0 aliphatic carbocycles. The third-order valence-electron chi connectivity index (χ3n) is 4.75. The molecule has 11 heteroatoms. The second-order valence-electron chi connectivity index (χ2n) is 6.89. The average Bonchev–Trinajstić information content (AvgIpc) is 3.39. The summed E-state index contributed by atoms with van der Waals surface area (Å²) in [7, 11) is 1.69. The molecule has 0 atom stereocenters. The number of ether oxygens (including phenoxy) is 1. The maximum absolute atomic E-state index is 12.7. The first-order valence-electron chi connectivity index (χ1n) is 9.56. The van der Waals surface area contributed by atoms with Gasteiger partial charge in [-0.25, -0.2) is 4.98 Å². The highest BCUT2D eigenvalue weighted by Gasteiger charge is 2.30. The number of hydrogen-bond donors (Lipinski definition) is 1. The number of aromatic nitrogens is 5. The summed E-state index contributed by atoms with van der Waals surface area (Å²) in [5.41, 5.74) is 2.00. The third kappa shape index (κ3) is 4.62. The summed E-state index contributed by atoms with van der Waals surface area (Å²) < 4.78 is 50.5. The fraction of sp³-hybridized carbons (Fsp3) is 0.238. The van der Waals surface area contributed by atoms with Crippen LogP contribution in [0.1, 0.15) is 16.8 Å². The van der Waals surface area contributed by atoms with E-state index in [0.29, 0.717) is 23.5 Å². The highest BCUT2D eigenvalue weighted by atomic mass is 19.4. The van der Waals surface area contributed by atoms with E-state index in [0.717, 1.165) is 29.5 Å². The van der Waals surface area contributed by atoms with Gasteiger partial charge in [-0.05, 0) is 18.1 Å². The number of benzene rings is 1. The SMILES string of the molecule is Cn1ncc(-c2nc(-c3ccc(CCO)cc3)no2)c1COc1ccc(C(F)(F)F)cn1. The van der Waals surface area contributed by atoms with Crippen molar-refractivity contribution in [2.24, 2.45) is 7.05 Å². The van der Waals surface area contributed by atoms with E-state index in [1.807, 2.05) is 24.3 Å². The fourth-order valence-electron chi connectivity index (χ4n) is 2.99. The van der Waals surface area contributed by atoms with Crippen LogP contribution in [-0.2, 0) is 26.3 Å². The second kappa shape index (κ2) is 8.79. The minimum atomic E-state index is -4.46. The number of aryl methyl sites for hydroxylation is 1. The van der Waals surface area contributed by atoms with Gasteiger partial charge in [0.25, 0.3) is 5.89 Å². The van der Waals surface area contributed by atoms with Gasteiger partial charge in [0.1, 0.15) is 6.61 Å². The number of nitrogens with zero attached hydrogens (tertiary/aromatic N) is 5. The maximum Gasteiger partial charge on any atom is 0.417 e. The topological polar surface area (TPSA) is 99.1 Å². The quantitative estimate of drug-likeness (QED) is 0.463. The molecule has 0 fully saturated rings. The molecule has 1 aromatic carbocycles. The normalized spacial score (nSPS) is 11.7. The Hall–Kier alpha value is -3.73. The van der Waals surface area contributed by atoms with E-state index in [1.165, 1.54) is 0 Å². The van der Waals surface area contributed by atoms with Gasteiger partial charge in [-0.1, -0.05) is 29.4 Å². The lowest BCUT2D eigenvalue weighted by molar-refractivity contribution is -0.137. The van der Waals surface area contributed by atoms with Crippen molar-refractivity contribution in [1.29, 1.82) is 0 Å². The summed E-state index contributed by atoms with van der Waals surface area (Å²) in [5.74, 6) is 0.654. The van der Waals surface area contributed by atoms with Crippen LogP contribution in [0.3, 0.4) is 0 Å². The number of aliphatic hydroxyl groups excluding tert-OH is 1. The monoisotopic (exact) mass is 445 g/mol. The molecular weight excluding hydrogens is 427 g/mol. The van der Waals surface area contributed by atoms with Gasteiger partial charge in [0, 0.05) is 31.5 Å². The molecule has 1 N–H and O–H groups in total. The van der Waals surface area contributed by atoms with Crippen molar-refractivity contribution in [3.63, 3.8) is 0 Å². The van der Waals surface area contributed by atoms with Crippen LogP contribution in [0.5, 0.6) is 5.88 Å². The van der Waals surface area contributed by atoms with Crippen LogP contribution in [0.15, 0.2) is 53.3 Å². The van der Waals surface area contributed by atoms with Crippen LogP contribution in [-0.4, -0.2) is 36.6 Å². The van der Waals surface area contributed by atoms with Crippen molar-refractivity contribution in [3.05, 3.63) is 65.6 Å². The van der Waals surface area contributed by atoms with E-state index >= 15 is 0 Å². The smallest absolute Gasteiger partial charge is 0.417 e. The molecule has 0 bridgehead atoms. The number of alkyl halides is 3. The van der Waals surface area contributed by atoms with Gasteiger partial charge >= 0.3 is 6.18 Å². The summed E-state index contributed by atoms with van der Waals surface area (Å²) in [4.78, 5) is 8.12. The molecule has 3 heterocycles. The predicted molar refractivity (Wildman–Crippen MR) is 106 cm³/mol. The first-order valence-corrected chi connectivity index (χ1v) is 9.56. The third-order valence-corrected chi connectivity index (χ3v) is 4.75. The molecule has 0 aliphatic heterocycles. The molecular formula is C21H18F3N5O3. The number of halogens is 3. The van der Waals surface area contributed by atoms with E-state index in [1.54, 1.807) is 17.9 Å². The van der Waals surface area contributed by atoms with E-state index < -0.39 is 11.7 Å². The van der Waals surface area contributed by atoms with Crippen molar-refractivity contribution in [2.45, 2.75) is 19.2 Å². The summed E-state index contributed by atoms with van der Waals surface area (Å²) >= 11 is 0. The Labute approximate surface area is 180 Å². The number of pyridine rings is 1. The van der Waals surface area contributed by atoms with Crippen LogP contribution in [0.2, 0.25) is 0 Å². The van der Waals surface area contributed by atoms with Crippen molar-refractivity contribution in [2.75, 3.05) is 6.61 Å². The molecule has 0 spiro atoms. The molecule has 32 heavy (non-hydrogen) atoms. The lowest BCUT2D eigenvalue weighted by atomic mass is 10.1. The Morgan fingerprint density at radius 1 is 1.09 bits per heavy atom. The van der Waals surface area contributed by atoms with Gasteiger partial charge in [0.2, 0.25) is 11.7 Å². The molecule has 166 valence electrons. The van der Waals surface area contributed by atoms with Gasteiger partial charge in [0.05, 0.1) is 23.0 Å². The summed E-state index contributed by atoms with van der Waals surface area (Å²) in [6, 6.07) is 9.49. The van der Waals surface area contributed by atoms with Gasteiger partial charge in [-0.2, -0.15) is 23.3 Å². The predicted octanol–water partition coefficient (Wildman–Crippen LogP) is 3.66. The Morgan fingerprint density at radius 2 is 1.88 bits per heavy atom. The standard InChI is InChI=1S/C21H18F3N5O3/c1-29-17(12-31-18-7-6-15(10-25-18)21(22,23)24)16(11-26-29)20-27-19(28-32-20)14-4-2-13(3-5-14)8-9-30/h2-7,10-11,30H,8-9,12H2,1H3. The fourth-order valence-corrected chi connectivity index (χ4v) is 2.99. The molecule has 8 nitrogen and oxygen atoms in total. The van der Waals surface area contributed by atoms with Gasteiger partial charge in [0.15, 0.2) is 0 Å². The molecule has 0 unspecified atom stereocenters. The first-order chi connectivity index (χ1) is 15.3. The zero-order chi connectivity index (χ0) is 22.7. The summed E-state index contributed by atoms with van der Waals surface area (Å²) in [6.07, 6.45) is -1.64. The number of aliphatic hydroxyl groups is 1. The van der Waals surface area contributed by atoms with Crippen molar-refractivity contribution >= 4 is 0 Å². The van der Waals surface area contributed by atoms with E-state index in [-0.39, 0.29) is 25.0 Å². The highest BCUT2D eigenvalue weighted by molar-refractivity contribution is 5.61. The van der Waals surface area contributed by atoms with Crippen LogP contribution in [0.4, 0.5) is 13.2 Å². The lowest BCUT2D eigenvalue weighted by Crippen LogP contribution is -2.07. The first kappa shape index (κ1) is 21.5. The van der Waals surface area contributed by atoms with Crippen molar-refractivity contribution < 1.29 is 27.5 Å². The Balaban J connectivity index is 1.50. The average molecular weight is 445 g/mol. The Morgan fingerprint density at radius 3 is 2.53 bits per heavy atom. The van der Waals surface area contributed by atoms with Crippen LogP contribution in [0.25, 0.3) is 22.8 Å². The molecule has 0 aliphatic rings. The van der Waals surface area contributed by atoms with Crippen LogP contribution < -0.4 is 4.74 Å². The minimum absolute atomic E-state index is 0.0161. The molecule has 0 saturated carbocycles. The summed E-state index contributed by atoms with van der Waals surface area (Å²) in [5, 5.41) is 17.2. The minimum Gasteiger partial charge on any atom is -0.471 e. The maximum atomic E-state index is 12.7. The second-order valence-corrected chi connectivity index (χ2v) is 6.89. The summed E-state index contributed by atoms with van der Waals surface area (Å²) in [6.45, 7) is 0.0529. The number of hydrogen-bond acceptors (Lipinski definition) is 7. The van der Waals surface area contributed by atoms with E-state index in [2.05, 4.69) is 20.2 Å². The van der Waals surface area contributed by atoms with Gasteiger partial charge in [-0.3, -0.25) is 4.68 Å². The van der Waals surface area contributed by atoms with Crippen molar-refractivity contribution in [3.8, 4) is 28.7 Å². The Bertz CT molecular complexity index is 1180. The highest BCUT2D eigenvalue weighted by Crippen LogP contribution is 2.30. The molecule has 0 saturated heterocycles. The Kier molecular flexibility index (Phi) is 5.91. The zero-order valence-corrected chi connectivity index (χ0v) is 16.9. The van der Waals surface area contributed by atoms with Crippen LogP contribution in [0, 0.1) is 0 Å². The number of rotatable bonds is 7. The molecule has 0 radical (unpaired) electrons. The zero-order valence-electron chi connectivity index (χ0n) is 16.9. The van der Waals surface area contributed by atoms with Crippen LogP contribution >= 0.6 is 0 Å². The van der Waals surface area contributed by atoms with Crippen molar-refractivity contribution in [1.82, 2.24) is 24.9 Å². The molecule has 4 aromatic rings. The molecule has 3 aromatic heterocycles.